The van der Waals surface area contributed by atoms with Gasteiger partial charge in [0, 0.05) is 18.4 Å². The Morgan fingerprint density at radius 2 is 2.06 bits per heavy atom. The van der Waals surface area contributed by atoms with Crippen molar-refractivity contribution in [3.8, 4) is 23.7 Å². The van der Waals surface area contributed by atoms with E-state index in [1.165, 1.54) is 12.8 Å². The zero-order chi connectivity index (χ0) is 12.3. The van der Waals surface area contributed by atoms with Gasteiger partial charge in [-0.1, -0.05) is 31.1 Å². The van der Waals surface area contributed by atoms with Gasteiger partial charge in [-0.2, -0.15) is 0 Å². The Labute approximate surface area is 108 Å². The van der Waals surface area contributed by atoms with Gasteiger partial charge in [0.25, 0.3) is 0 Å². The quantitative estimate of drug-likeness (QED) is 0.559. The summed E-state index contributed by atoms with van der Waals surface area (Å²) >= 11 is 1.74. The van der Waals surface area contributed by atoms with Crippen LogP contribution in [0, 0.1) is 23.7 Å². The predicted molar refractivity (Wildman–Crippen MR) is 74.7 cm³/mol. The van der Waals surface area contributed by atoms with Gasteiger partial charge in [0.1, 0.15) is 0 Å². The number of allylic oxidation sites excluding steroid dienone is 2. The first kappa shape index (κ1) is 13.9. The van der Waals surface area contributed by atoms with E-state index in [2.05, 4.69) is 30.6 Å². The zero-order valence-electron chi connectivity index (χ0n) is 10.3. The van der Waals surface area contributed by atoms with Crippen LogP contribution < -0.4 is 0 Å². The summed E-state index contributed by atoms with van der Waals surface area (Å²) in [6.45, 7) is 2.18. The summed E-state index contributed by atoms with van der Waals surface area (Å²) in [7, 11) is 0. The van der Waals surface area contributed by atoms with Crippen LogP contribution in [-0.2, 0) is 4.79 Å². The average molecular weight is 246 g/mol. The third-order valence-corrected chi connectivity index (χ3v) is 3.05. The zero-order valence-corrected chi connectivity index (χ0v) is 11.2. The third-order valence-electron chi connectivity index (χ3n) is 2.35. The summed E-state index contributed by atoms with van der Waals surface area (Å²) in [5.74, 6) is 14.3. The summed E-state index contributed by atoms with van der Waals surface area (Å²) in [6, 6.07) is 0. The highest BCUT2D eigenvalue weighted by atomic mass is 32.2. The van der Waals surface area contributed by atoms with Gasteiger partial charge < -0.3 is 0 Å². The molecule has 0 N–H and O–H groups in total. The third kappa shape index (κ3) is 6.93. The highest BCUT2D eigenvalue weighted by molar-refractivity contribution is 7.99. The van der Waals surface area contributed by atoms with Gasteiger partial charge in [-0.15, -0.1) is 17.7 Å². The van der Waals surface area contributed by atoms with E-state index < -0.39 is 0 Å². The van der Waals surface area contributed by atoms with E-state index in [4.69, 9.17) is 0 Å². The Balaban J connectivity index is 2.07. The molecule has 0 aromatic carbocycles. The smallest absolute Gasteiger partial charge is 0.156 e. The molecule has 0 bridgehead atoms. The summed E-state index contributed by atoms with van der Waals surface area (Å²) in [5, 5.41) is 0. The van der Waals surface area contributed by atoms with Crippen molar-refractivity contribution in [2.24, 2.45) is 0 Å². The maximum absolute atomic E-state index is 10.9. The normalized spacial score (nSPS) is 13.5. The Bertz CT molecular complexity index is 398. The highest BCUT2D eigenvalue weighted by Crippen LogP contribution is 2.13. The van der Waals surface area contributed by atoms with Crippen LogP contribution in [0.1, 0.15) is 39.0 Å². The second kappa shape index (κ2) is 8.97. The first-order valence-electron chi connectivity index (χ1n) is 6.08. The summed E-state index contributed by atoms with van der Waals surface area (Å²) in [5.41, 5.74) is 0.990. The van der Waals surface area contributed by atoms with Crippen molar-refractivity contribution in [2.75, 3.05) is 11.5 Å². The number of hydrogen-bond acceptors (Lipinski definition) is 2. The molecule has 0 saturated carbocycles. The Morgan fingerprint density at radius 3 is 2.76 bits per heavy atom. The number of ketones is 1. The van der Waals surface area contributed by atoms with Crippen molar-refractivity contribution in [3.63, 3.8) is 0 Å². The van der Waals surface area contributed by atoms with E-state index in [-0.39, 0.29) is 5.78 Å². The van der Waals surface area contributed by atoms with E-state index in [9.17, 15) is 4.79 Å². The predicted octanol–water partition coefficient (Wildman–Crippen LogP) is 3.21. The van der Waals surface area contributed by atoms with E-state index in [0.717, 1.165) is 29.9 Å². The molecule has 1 aliphatic carbocycles. The monoisotopic (exact) mass is 246 g/mol. The fourth-order valence-electron chi connectivity index (χ4n) is 1.40. The lowest BCUT2D eigenvalue weighted by Crippen LogP contribution is -1.80. The lowest BCUT2D eigenvalue weighted by atomic mass is 10.2. The van der Waals surface area contributed by atoms with Gasteiger partial charge in [-0.25, -0.2) is 0 Å². The number of unbranched alkanes of at least 4 members (excludes halogenated alkanes) is 2. The summed E-state index contributed by atoms with van der Waals surface area (Å²) in [6.07, 6.45) is 6.55. The average Bonchev–Trinajstić information content (AvgIpc) is 2.73. The molecule has 17 heavy (non-hydrogen) atoms. The molecule has 1 rings (SSSR count). The number of thioether (sulfide) groups is 1. The molecule has 1 aliphatic rings. The summed E-state index contributed by atoms with van der Waals surface area (Å²) in [4.78, 5) is 10.9. The number of rotatable bonds is 4. The van der Waals surface area contributed by atoms with E-state index in [0.29, 0.717) is 6.42 Å². The van der Waals surface area contributed by atoms with Crippen molar-refractivity contribution in [3.05, 3.63) is 11.6 Å². The molecule has 0 radical (unpaired) electrons. The molecule has 0 unspecified atom stereocenters. The first-order valence-corrected chi connectivity index (χ1v) is 7.24. The minimum atomic E-state index is 0.212. The maximum Gasteiger partial charge on any atom is 0.156 e. The van der Waals surface area contributed by atoms with Gasteiger partial charge >= 0.3 is 0 Å². The first-order chi connectivity index (χ1) is 8.33. The fourth-order valence-corrected chi connectivity index (χ4v) is 1.88. The van der Waals surface area contributed by atoms with Crippen LogP contribution in [0.2, 0.25) is 0 Å². The van der Waals surface area contributed by atoms with Gasteiger partial charge in [0.15, 0.2) is 5.78 Å². The lowest BCUT2D eigenvalue weighted by Gasteiger charge is -1.87. The molecular formula is C15H18OS. The Hall–Kier alpha value is -1.12. The van der Waals surface area contributed by atoms with E-state index in [1.54, 1.807) is 17.8 Å². The molecule has 1 nitrogen and oxygen atoms in total. The van der Waals surface area contributed by atoms with Crippen LogP contribution in [0.4, 0.5) is 0 Å². The molecule has 0 heterocycles. The minimum Gasteiger partial charge on any atom is -0.295 e. The van der Waals surface area contributed by atoms with Crippen LogP contribution in [0.15, 0.2) is 11.6 Å². The Kier molecular flexibility index (Phi) is 7.35. The van der Waals surface area contributed by atoms with Gasteiger partial charge in [-0.3, -0.25) is 4.79 Å². The largest absolute Gasteiger partial charge is 0.295 e. The summed E-state index contributed by atoms with van der Waals surface area (Å²) < 4.78 is 0. The topological polar surface area (TPSA) is 17.1 Å². The molecule has 0 spiro atoms. The van der Waals surface area contributed by atoms with Gasteiger partial charge in [0.2, 0.25) is 0 Å². The maximum atomic E-state index is 10.9. The molecule has 0 aliphatic heterocycles. The van der Waals surface area contributed by atoms with Crippen LogP contribution in [0.5, 0.6) is 0 Å². The molecular weight excluding hydrogens is 228 g/mol. The minimum absolute atomic E-state index is 0.212. The highest BCUT2D eigenvalue weighted by Gasteiger charge is 2.08. The standard InChI is InChI=1S/C15H18OS/c1-2-3-4-5-6-11-17-12-7-8-14-9-10-15(16)13-14/h13H,2-4,9-12H2,1H3. The molecule has 2 heteroatoms. The molecule has 0 amide bonds. The molecule has 90 valence electrons. The number of hydrogen-bond donors (Lipinski definition) is 0. The van der Waals surface area contributed by atoms with Crippen molar-refractivity contribution < 1.29 is 4.79 Å². The molecule has 0 saturated heterocycles. The molecule has 0 aromatic rings. The van der Waals surface area contributed by atoms with E-state index in [1.807, 2.05) is 0 Å². The fraction of sp³-hybridized carbons (Fsp3) is 0.533. The van der Waals surface area contributed by atoms with Crippen molar-refractivity contribution >= 4 is 17.5 Å². The number of carbonyl (C=O) groups is 1. The van der Waals surface area contributed by atoms with Gasteiger partial charge in [0.05, 0.1) is 11.5 Å². The second-order valence-corrected chi connectivity index (χ2v) is 4.87. The van der Waals surface area contributed by atoms with Crippen molar-refractivity contribution in [2.45, 2.75) is 39.0 Å². The number of carbonyl (C=O) groups excluding carboxylic acids is 1. The van der Waals surface area contributed by atoms with Crippen LogP contribution in [0.25, 0.3) is 0 Å². The molecule has 0 fully saturated rings. The van der Waals surface area contributed by atoms with Crippen LogP contribution in [-0.4, -0.2) is 17.3 Å². The lowest BCUT2D eigenvalue weighted by molar-refractivity contribution is -0.114. The Morgan fingerprint density at radius 1 is 1.24 bits per heavy atom. The van der Waals surface area contributed by atoms with Gasteiger partial charge in [-0.05, 0) is 18.9 Å². The van der Waals surface area contributed by atoms with Crippen LogP contribution >= 0.6 is 11.8 Å². The van der Waals surface area contributed by atoms with Crippen molar-refractivity contribution in [1.82, 2.24) is 0 Å². The van der Waals surface area contributed by atoms with Crippen LogP contribution in [0.3, 0.4) is 0 Å². The van der Waals surface area contributed by atoms with E-state index >= 15 is 0 Å². The molecule has 0 aromatic heterocycles. The SMILES string of the molecule is CCCCC#CCSCC#CC1=CC(=O)CC1. The molecule has 0 atom stereocenters. The second-order valence-electron chi connectivity index (χ2n) is 3.89. The van der Waals surface area contributed by atoms with Crippen molar-refractivity contribution in [1.29, 1.82) is 0 Å².